The summed E-state index contributed by atoms with van der Waals surface area (Å²) in [5, 5.41) is 6.87. The van der Waals surface area contributed by atoms with E-state index in [2.05, 4.69) is 10.5 Å². The van der Waals surface area contributed by atoms with Crippen LogP contribution < -0.4 is 14.8 Å². The lowest BCUT2D eigenvalue weighted by atomic mass is 10.1. The van der Waals surface area contributed by atoms with E-state index in [1.54, 1.807) is 0 Å². The Balaban J connectivity index is 1.71. The number of ether oxygens (including phenoxy) is 2. The molecule has 0 saturated heterocycles. The second-order valence-corrected chi connectivity index (χ2v) is 6.37. The zero-order chi connectivity index (χ0) is 18.0. The number of rotatable bonds is 6. The van der Waals surface area contributed by atoms with Crippen molar-refractivity contribution in [3.63, 3.8) is 0 Å². The Morgan fingerprint density at radius 1 is 1.40 bits per heavy atom. The maximum absolute atomic E-state index is 12.4. The molecule has 2 aromatic rings. The molecule has 0 saturated carbocycles. The molecule has 0 unspecified atom stereocenters. The van der Waals surface area contributed by atoms with Gasteiger partial charge in [-0.3, -0.25) is 4.79 Å². The Labute approximate surface area is 147 Å². The van der Waals surface area contributed by atoms with Gasteiger partial charge in [-0.25, -0.2) is 0 Å². The highest BCUT2D eigenvalue weighted by Crippen LogP contribution is 2.38. The molecule has 1 aromatic carbocycles. The van der Waals surface area contributed by atoms with Crippen LogP contribution in [-0.4, -0.2) is 23.8 Å². The van der Waals surface area contributed by atoms with Crippen LogP contribution in [0.25, 0.3) is 0 Å². The van der Waals surface area contributed by atoms with E-state index in [-0.39, 0.29) is 12.0 Å². The van der Waals surface area contributed by atoms with E-state index in [4.69, 9.17) is 14.0 Å². The summed E-state index contributed by atoms with van der Waals surface area (Å²) in [6.45, 7) is 8.24. The number of aromatic nitrogens is 1. The van der Waals surface area contributed by atoms with Crippen LogP contribution in [0.3, 0.4) is 0 Å². The zero-order valence-corrected chi connectivity index (χ0v) is 15.1. The van der Waals surface area contributed by atoms with E-state index < -0.39 is 0 Å². The second kappa shape index (κ2) is 7.17. The molecule has 1 aliphatic heterocycles. The van der Waals surface area contributed by atoms with Gasteiger partial charge in [-0.15, -0.1) is 0 Å². The highest BCUT2D eigenvalue weighted by molar-refractivity contribution is 5.93. The summed E-state index contributed by atoms with van der Waals surface area (Å²) in [5.74, 6) is 2.19. The van der Waals surface area contributed by atoms with Crippen LogP contribution in [0, 0.1) is 13.8 Å². The van der Waals surface area contributed by atoms with Crippen LogP contribution in [-0.2, 0) is 17.6 Å². The molecule has 0 bridgehead atoms. The molecule has 0 aliphatic carbocycles. The SMILES string of the molecule is CCOc1cc2c(cc1NC(=O)CCc1c(C)noc1C)O[C@H](C)C2. The number of hydrogen-bond donors (Lipinski definition) is 1. The van der Waals surface area contributed by atoms with Crippen LogP contribution in [0.2, 0.25) is 0 Å². The first-order valence-corrected chi connectivity index (χ1v) is 8.66. The monoisotopic (exact) mass is 344 g/mol. The normalized spacial score (nSPS) is 15.6. The highest BCUT2D eigenvalue weighted by atomic mass is 16.5. The number of carbonyl (C=O) groups excluding carboxylic acids is 1. The molecule has 1 aliphatic rings. The minimum absolute atomic E-state index is 0.0769. The van der Waals surface area contributed by atoms with E-state index >= 15 is 0 Å². The third-order valence-electron chi connectivity index (χ3n) is 4.36. The molecule has 0 fully saturated rings. The van der Waals surface area contributed by atoms with Crippen molar-refractivity contribution in [3.05, 3.63) is 34.7 Å². The van der Waals surface area contributed by atoms with Crippen LogP contribution in [0.4, 0.5) is 5.69 Å². The Morgan fingerprint density at radius 2 is 2.20 bits per heavy atom. The predicted octanol–water partition coefficient (Wildman–Crippen LogP) is 3.58. The topological polar surface area (TPSA) is 73.6 Å². The first kappa shape index (κ1) is 17.3. The number of nitrogens with one attached hydrogen (secondary N) is 1. The van der Waals surface area contributed by atoms with Gasteiger partial charge < -0.3 is 19.3 Å². The average molecular weight is 344 g/mol. The van der Waals surface area contributed by atoms with Gasteiger partial charge in [-0.2, -0.15) is 0 Å². The molecule has 6 heteroatoms. The Kier molecular flexibility index (Phi) is 4.97. The van der Waals surface area contributed by atoms with Gasteiger partial charge in [0.2, 0.25) is 5.91 Å². The summed E-state index contributed by atoms with van der Waals surface area (Å²) >= 11 is 0. The van der Waals surface area contributed by atoms with Crippen molar-refractivity contribution in [2.45, 2.75) is 53.1 Å². The minimum atomic E-state index is -0.0769. The van der Waals surface area contributed by atoms with Gasteiger partial charge in [-0.05, 0) is 40.2 Å². The van der Waals surface area contributed by atoms with Crippen molar-refractivity contribution in [1.29, 1.82) is 0 Å². The van der Waals surface area contributed by atoms with Gasteiger partial charge in [0.15, 0.2) is 0 Å². The van der Waals surface area contributed by atoms with Crippen molar-refractivity contribution in [1.82, 2.24) is 5.16 Å². The standard InChI is InChI=1S/C19H24N2O4/c1-5-23-18-9-14-8-11(2)24-17(14)10-16(18)20-19(22)7-6-15-12(3)21-25-13(15)4/h9-11H,5-8H2,1-4H3,(H,20,22)/t11-/m1/s1. The minimum Gasteiger partial charge on any atom is -0.492 e. The van der Waals surface area contributed by atoms with Crippen LogP contribution in [0.15, 0.2) is 16.7 Å². The van der Waals surface area contributed by atoms with Gasteiger partial charge in [0.1, 0.15) is 23.4 Å². The Morgan fingerprint density at radius 3 is 2.88 bits per heavy atom. The summed E-state index contributed by atoms with van der Waals surface area (Å²) in [5.41, 5.74) is 3.59. The van der Waals surface area contributed by atoms with Crippen LogP contribution in [0.1, 0.15) is 42.8 Å². The van der Waals surface area contributed by atoms with Crippen molar-refractivity contribution in [2.24, 2.45) is 0 Å². The summed E-state index contributed by atoms with van der Waals surface area (Å²) < 4.78 is 16.6. The van der Waals surface area contributed by atoms with Crippen molar-refractivity contribution in [3.8, 4) is 11.5 Å². The fourth-order valence-corrected chi connectivity index (χ4v) is 3.12. The molecule has 0 spiro atoms. The van der Waals surface area contributed by atoms with Gasteiger partial charge in [0, 0.05) is 30.0 Å². The number of benzene rings is 1. The summed E-state index contributed by atoms with van der Waals surface area (Å²) in [7, 11) is 0. The maximum atomic E-state index is 12.4. The Bertz CT molecular complexity index is 762. The molecule has 3 rings (SSSR count). The predicted molar refractivity (Wildman–Crippen MR) is 94.3 cm³/mol. The number of fused-ring (bicyclic) bond motifs is 1. The first-order chi connectivity index (χ1) is 12.0. The van der Waals surface area contributed by atoms with Gasteiger partial charge >= 0.3 is 0 Å². The van der Waals surface area contributed by atoms with Gasteiger partial charge in [0.05, 0.1) is 18.0 Å². The van der Waals surface area contributed by atoms with E-state index in [0.29, 0.717) is 30.9 Å². The quantitative estimate of drug-likeness (QED) is 0.867. The number of aryl methyl sites for hydroxylation is 2. The second-order valence-electron chi connectivity index (χ2n) is 6.37. The van der Waals surface area contributed by atoms with Gasteiger partial charge in [0.25, 0.3) is 0 Å². The van der Waals surface area contributed by atoms with E-state index in [1.165, 1.54) is 0 Å². The third-order valence-corrected chi connectivity index (χ3v) is 4.36. The van der Waals surface area contributed by atoms with E-state index in [0.717, 1.165) is 34.8 Å². The van der Waals surface area contributed by atoms with Crippen LogP contribution >= 0.6 is 0 Å². The number of hydrogen-bond acceptors (Lipinski definition) is 5. The molecule has 1 amide bonds. The Hall–Kier alpha value is -2.50. The van der Waals surface area contributed by atoms with Crippen molar-refractivity contribution < 1.29 is 18.8 Å². The number of carbonyl (C=O) groups is 1. The molecule has 25 heavy (non-hydrogen) atoms. The van der Waals surface area contributed by atoms with Crippen molar-refractivity contribution >= 4 is 11.6 Å². The smallest absolute Gasteiger partial charge is 0.224 e. The number of nitrogens with zero attached hydrogens (tertiary/aromatic N) is 1. The summed E-state index contributed by atoms with van der Waals surface area (Å²) in [4.78, 5) is 12.4. The van der Waals surface area contributed by atoms with Crippen molar-refractivity contribution in [2.75, 3.05) is 11.9 Å². The largest absolute Gasteiger partial charge is 0.492 e. The lowest BCUT2D eigenvalue weighted by molar-refractivity contribution is -0.116. The maximum Gasteiger partial charge on any atom is 0.224 e. The lowest BCUT2D eigenvalue weighted by Crippen LogP contribution is -2.14. The number of amides is 1. The zero-order valence-electron chi connectivity index (χ0n) is 15.1. The summed E-state index contributed by atoms with van der Waals surface area (Å²) in [6.07, 6.45) is 1.95. The summed E-state index contributed by atoms with van der Waals surface area (Å²) in [6, 6.07) is 3.82. The average Bonchev–Trinajstić information content (AvgIpc) is 3.07. The van der Waals surface area contributed by atoms with Crippen LogP contribution in [0.5, 0.6) is 11.5 Å². The molecule has 0 radical (unpaired) electrons. The molecule has 1 atom stereocenters. The fourth-order valence-electron chi connectivity index (χ4n) is 3.12. The molecule has 1 N–H and O–H groups in total. The van der Waals surface area contributed by atoms with Gasteiger partial charge in [-0.1, -0.05) is 5.16 Å². The molecule has 134 valence electrons. The van der Waals surface area contributed by atoms with E-state index in [1.807, 2.05) is 39.8 Å². The third kappa shape index (κ3) is 3.78. The van der Waals surface area contributed by atoms with E-state index in [9.17, 15) is 4.79 Å². The fraction of sp³-hybridized carbons (Fsp3) is 0.474. The molecule has 1 aromatic heterocycles. The first-order valence-electron chi connectivity index (χ1n) is 8.66. The lowest BCUT2D eigenvalue weighted by Gasteiger charge is -2.13. The molecular formula is C19H24N2O4. The molecular weight excluding hydrogens is 320 g/mol. The number of anilines is 1. The molecule has 2 heterocycles. The highest BCUT2D eigenvalue weighted by Gasteiger charge is 2.22. The molecule has 6 nitrogen and oxygen atoms in total.